The average Bonchev–Trinajstić information content (AvgIpc) is 2.61. The van der Waals surface area contributed by atoms with Gasteiger partial charge in [0, 0.05) is 19.3 Å². The lowest BCUT2D eigenvalue weighted by atomic mass is 10.2. The quantitative estimate of drug-likeness (QED) is 0.846. The van der Waals surface area contributed by atoms with Crippen molar-refractivity contribution in [3.05, 3.63) is 23.4 Å². The molecule has 0 spiro atoms. The molecule has 1 aromatic heterocycles. The van der Waals surface area contributed by atoms with Crippen LogP contribution in [0.2, 0.25) is 5.02 Å². The molecule has 5 nitrogen and oxygen atoms in total. The summed E-state index contributed by atoms with van der Waals surface area (Å²) in [6.45, 7) is 1.36. The highest BCUT2D eigenvalue weighted by atomic mass is 35.5. The molecule has 18 heavy (non-hydrogen) atoms. The van der Waals surface area contributed by atoms with Crippen molar-refractivity contribution in [1.82, 2.24) is 9.88 Å². The van der Waals surface area contributed by atoms with Crippen molar-refractivity contribution in [3.63, 3.8) is 0 Å². The van der Waals surface area contributed by atoms with Crippen molar-refractivity contribution in [2.75, 3.05) is 18.0 Å². The normalized spacial score (nSPS) is 26.5. The van der Waals surface area contributed by atoms with Gasteiger partial charge in [0.15, 0.2) is 0 Å². The van der Waals surface area contributed by atoms with Gasteiger partial charge in [0.2, 0.25) is 0 Å². The number of halogens is 1. The first-order valence-corrected chi connectivity index (χ1v) is 6.41. The van der Waals surface area contributed by atoms with Gasteiger partial charge in [-0.3, -0.25) is 4.90 Å². The van der Waals surface area contributed by atoms with E-state index in [-0.39, 0.29) is 12.1 Å². The highest BCUT2D eigenvalue weighted by Gasteiger charge is 2.43. The van der Waals surface area contributed by atoms with Crippen molar-refractivity contribution in [1.29, 1.82) is 0 Å². The van der Waals surface area contributed by atoms with Crippen LogP contribution in [-0.2, 0) is 0 Å². The van der Waals surface area contributed by atoms with Gasteiger partial charge in [0.25, 0.3) is 0 Å². The molecular weight excluding hydrogens is 254 g/mol. The summed E-state index contributed by atoms with van der Waals surface area (Å²) in [7, 11) is 0. The van der Waals surface area contributed by atoms with E-state index >= 15 is 0 Å². The Morgan fingerprint density at radius 1 is 1.39 bits per heavy atom. The molecule has 2 aliphatic heterocycles. The van der Waals surface area contributed by atoms with Gasteiger partial charge in [-0.2, -0.15) is 0 Å². The highest BCUT2D eigenvalue weighted by Crippen LogP contribution is 2.34. The fraction of sp³-hybridized carbons (Fsp3) is 0.500. The third kappa shape index (κ3) is 1.79. The van der Waals surface area contributed by atoms with Gasteiger partial charge in [-0.1, -0.05) is 11.6 Å². The van der Waals surface area contributed by atoms with Gasteiger partial charge in [0.1, 0.15) is 5.82 Å². The minimum absolute atomic E-state index is 0.0688. The van der Waals surface area contributed by atoms with Gasteiger partial charge in [-0.05, 0) is 25.0 Å². The summed E-state index contributed by atoms with van der Waals surface area (Å²) in [4.78, 5) is 19.2. The number of piperazine rings is 1. The molecule has 6 heteroatoms. The number of carboxylic acid groups (broad SMARTS) is 1. The Morgan fingerprint density at radius 2 is 2.06 bits per heavy atom. The Kier molecular flexibility index (Phi) is 2.78. The monoisotopic (exact) mass is 267 g/mol. The molecule has 2 unspecified atom stereocenters. The van der Waals surface area contributed by atoms with Crippen LogP contribution in [0, 0.1) is 0 Å². The molecule has 3 heterocycles. The topological polar surface area (TPSA) is 56.7 Å². The number of hydrogen-bond acceptors (Lipinski definition) is 3. The Hall–Kier alpha value is -1.49. The Labute approximate surface area is 110 Å². The minimum Gasteiger partial charge on any atom is -0.465 e. The van der Waals surface area contributed by atoms with Crippen LogP contribution in [0.1, 0.15) is 12.8 Å². The van der Waals surface area contributed by atoms with Gasteiger partial charge >= 0.3 is 6.09 Å². The van der Waals surface area contributed by atoms with Crippen LogP contribution in [0.3, 0.4) is 0 Å². The smallest absolute Gasteiger partial charge is 0.407 e. The summed E-state index contributed by atoms with van der Waals surface area (Å²) in [5, 5.41) is 9.82. The standard InChI is InChI=1S/C12H14ClN3O2/c13-10-2-1-5-14-11(10)15-6-8-3-4-9(7-15)16(8)12(17)18/h1-2,5,8-9H,3-4,6-7H2,(H,17,18). The molecule has 2 bridgehead atoms. The number of fused-ring (bicyclic) bond motifs is 2. The molecule has 2 saturated heterocycles. The molecular formula is C12H14ClN3O2. The first-order valence-electron chi connectivity index (χ1n) is 6.03. The lowest BCUT2D eigenvalue weighted by Crippen LogP contribution is -2.55. The second-order valence-electron chi connectivity index (χ2n) is 4.79. The van der Waals surface area contributed by atoms with E-state index in [0.29, 0.717) is 18.1 Å². The summed E-state index contributed by atoms with van der Waals surface area (Å²) >= 11 is 6.14. The minimum atomic E-state index is -0.811. The van der Waals surface area contributed by atoms with E-state index in [4.69, 9.17) is 11.6 Å². The molecule has 3 rings (SSSR count). The van der Waals surface area contributed by atoms with Crippen LogP contribution in [0.15, 0.2) is 18.3 Å². The maximum atomic E-state index is 11.2. The van der Waals surface area contributed by atoms with Crippen LogP contribution in [-0.4, -0.2) is 46.3 Å². The third-order valence-corrected chi connectivity index (χ3v) is 4.04. The van der Waals surface area contributed by atoms with E-state index in [0.717, 1.165) is 18.7 Å². The summed E-state index contributed by atoms with van der Waals surface area (Å²) in [5.74, 6) is 0.765. The van der Waals surface area contributed by atoms with E-state index in [1.807, 2.05) is 6.07 Å². The number of nitrogens with zero attached hydrogens (tertiary/aromatic N) is 3. The number of carbonyl (C=O) groups is 1. The van der Waals surface area contributed by atoms with E-state index in [9.17, 15) is 9.90 Å². The predicted octanol–water partition coefficient (Wildman–Crippen LogP) is 2.07. The van der Waals surface area contributed by atoms with Crippen molar-refractivity contribution in [2.24, 2.45) is 0 Å². The molecule has 96 valence electrons. The van der Waals surface area contributed by atoms with E-state index in [1.54, 1.807) is 17.2 Å². The van der Waals surface area contributed by atoms with Crippen LogP contribution in [0.5, 0.6) is 0 Å². The Morgan fingerprint density at radius 3 is 2.61 bits per heavy atom. The Bertz CT molecular complexity index is 468. The maximum absolute atomic E-state index is 11.2. The van der Waals surface area contributed by atoms with Crippen molar-refractivity contribution in [2.45, 2.75) is 24.9 Å². The van der Waals surface area contributed by atoms with Crippen LogP contribution in [0.25, 0.3) is 0 Å². The summed E-state index contributed by atoms with van der Waals surface area (Å²) in [6.07, 6.45) is 2.76. The third-order valence-electron chi connectivity index (χ3n) is 3.74. The molecule has 0 saturated carbocycles. The fourth-order valence-corrected chi connectivity index (χ4v) is 3.24. The van der Waals surface area contributed by atoms with E-state index in [1.165, 1.54) is 0 Å². The Balaban J connectivity index is 1.84. The van der Waals surface area contributed by atoms with E-state index in [2.05, 4.69) is 9.88 Å². The highest BCUT2D eigenvalue weighted by molar-refractivity contribution is 6.32. The zero-order valence-corrected chi connectivity index (χ0v) is 10.5. The zero-order chi connectivity index (χ0) is 12.7. The molecule has 0 radical (unpaired) electrons. The van der Waals surface area contributed by atoms with Crippen LogP contribution >= 0.6 is 11.6 Å². The number of hydrogen-bond donors (Lipinski definition) is 1. The second kappa shape index (κ2) is 4.31. The lowest BCUT2D eigenvalue weighted by Gasteiger charge is -2.40. The predicted molar refractivity (Wildman–Crippen MR) is 68.1 cm³/mol. The van der Waals surface area contributed by atoms with E-state index < -0.39 is 6.09 Å². The number of amides is 1. The molecule has 1 aromatic rings. The van der Waals surface area contributed by atoms with Crippen molar-refractivity contribution < 1.29 is 9.90 Å². The first kappa shape index (κ1) is 11.6. The molecule has 2 atom stereocenters. The second-order valence-corrected chi connectivity index (χ2v) is 5.20. The van der Waals surface area contributed by atoms with Crippen LogP contribution in [0.4, 0.5) is 10.6 Å². The maximum Gasteiger partial charge on any atom is 0.407 e. The van der Waals surface area contributed by atoms with Gasteiger partial charge in [-0.15, -0.1) is 0 Å². The number of aromatic nitrogens is 1. The van der Waals surface area contributed by atoms with Crippen LogP contribution < -0.4 is 4.90 Å². The molecule has 0 aromatic carbocycles. The average molecular weight is 268 g/mol. The summed E-state index contributed by atoms with van der Waals surface area (Å²) < 4.78 is 0. The molecule has 1 amide bonds. The zero-order valence-electron chi connectivity index (χ0n) is 9.79. The largest absolute Gasteiger partial charge is 0.465 e. The number of anilines is 1. The number of rotatable bonds is 1. The van der Waals surface area contributed by atoms with Gasteiger partial charge < -0.3 is 10.0 Å². The summed E-state index contributed by atoms with van der Waals surface area (Å²) in [6, 6.07) is 3.75. The van der Waals surface area contributed by atoms with Crippen molar-refractivity contribution in [3.8, 4) is 0 Å². The molecule has 2 aliphatic rings. The first-order chi connectivity index (χ1) is 8.66. The molecule has 2 fully saturated rings. The molecule has 0 aliphatic carbocycles. The molecule has 1 N–H and O–H groups in total. The summed E-state index contributed by atoms with van der Waals surface area (Å²) in [5.41, 5.74) is 0. The number of pyridine rings is 1. The fourth-order valence-electron chi connectivity index (χ4n) is 3.00. The SMILES string of the molecule is O=C(O)N1C2CCC1CN(c1ncccc1Cl)C2. The van der Waals surface area contributed by atoms with Gasteiger partial charge in [-0.25, -0.2) is 9.78 Å². The van der Waals surface area contributed by atoms with Gasteiger partial charge in [0.05, 0.1) is 17.1 Å². The lowest BCUT2D eigenvalue weighted by molar-refractivity contribution is 0.114. The van der Waals surface area contributed by atoms with Crippen molar-refractivity contribution >= 4 is 23.5 Å².